The molecule has 0 aliphatic carbocycles. The molecule has 224 valence electrons. The lowest BCUT2D eigenvalue weighted by Crippen LogP contribution is -2.55. The van der Waals surface area contributed by atoms with Crippen LogP contribution in [0.2, 0.25) is 0 Å². The van der Waals surface area contributed by atoms with Crippen LogP contribution in [0.3, 0.4) is 0 Å². The van der Waals surface area contributed by atoms with Crippen LogP contribution >= 0.6 is 0 Å². The molecule has 9 nitrogen and oxygen atoms in total. The lowest BCUT2D eigenvalue weighted by Gasteiger charge is -2.48. The van der Waals surface area contributed by atoms with Crippen molar-refractivity contribution in [2.45, 2.75) is 56.3 Å². The minimum atomic E-state index is -1.22. The first kappa shape index (κ1) is 31.0. The van der Waals surface area contributed by atoms with E-state index >= 15 is 0 Å². The van der Waals surface area contributed by atoms with Gasteiger partial charge in [0.2, 0.25) is 5.91 Å². The molecule has 2 fully saturated rings. The molecule has 3 aromatic carbocycles. The van der Waals surface area contributed by atoms with Gasteiger partial charge in [-0.3, -0.25) is 4.79 Å². The molecular formula is C31H33F2NO8. The Balaban J connectivity index is 0.00000198. The molecule has 42 heavy (non-hydrogen) atoms. The zero-order chi connectivity index (χ0) is 30.4. The van der Waals surface area contributed by atoms with E-state index in [2.05, 4.69) is 0 Å². The average Bonchev–Trinajstić information content (AvgIpc) is 2.98. The number of amides is 1. The molecule has 0 radical (unpaired) electrons. The van der Waals surface area contributed by atoms with Crippen molar-refractivity contribution >= 4 is 17.6 Å². The van der Waals surface area contributed by atoms with Crippen molar-refractivity contribution in [2.24, 2.45) is 5.92 Å². The van der Waals surface area contributed by atoms with Gasteiger partial charge in [0, 0.05) is 25.6 Å². The Kier molecular flexibility index (Phi) is 10.2. The van der Waals surface area contributed by atoms with E-state index in [0.29, 0.717) is 24.1 Å². The maximum Gasteiger partial charge on any atom is 0.333 e. The predicted octanol–water partition coefficient (Wildman–Crippen LogP) is 4.47. The first-order valence-corrected chi connectivity index (χ1v) is 13.5. The third-order valence-electron chi connectivity index (χ3n) is 7.39. The van der Waals surface area contributed by atoms with E-state index in [0.717, 1.165) is 12.7 Å². The molecule has 1 amide bonds. The van der Waals surface area contributed by atoms with Gasteiger partial charge >= 0.3 is 5.97 Å². The Labute approximate surface area is 241 Å². The fraction of sp³-hybridized carbons (Fsp3) is 0.355. The first-order valence-electron chi connectivity index (χ1n) is 13.5. The quantitative estimate of drug-likeness (QED) is 0.270. The van der Waals surface area contributed by atoms with E-state index in [9.17, 15) is 33.7 Å². The van der Waals surface area contributed by atoms with E-state index in [1.165, 1.54) is 48.5 Å². The molecule has 3 aromatic rings. The number of carbonyl (C=O) groups is 2. The number of β-lactam (4-membered cyclic amide) rings is 1. The Bertz CT molecular complexity index is 1340. The SMILES string of the molecule is CO.O=C(O)[C@@H]1CC(O)C[C@H](O[C@@H](CCC2C(=O)N(c3ccc(F)cc3)C2c2ccc(O)cc2)c2ccc(F)cc2)O1. The van der Waals surface area contributed by atoms with Gasteiger partial charge in [-0.1, -0.05) is 24.3 Å². The van der Waals surface area contributed by atoms with Crippen LogP contribution in [0.5, 0.6) is 5.75 Å². The Morgan fingerprint density at radius 1 is 0.976 bits per heavy atom. The molecule has 5 rings (SSSR count). The number of carboxylic acid groups (broad SMARTS) is 1. The van der Waals surface area contributed by atoms with Crippen LogP contribution in [-0.4, -0.2) is 57.9 Å². The van der Waals surface area contributed by atoms with E-state index in [1.807, 2.05) is 0 Å². The van der Waals surface area contributed by atoms with Crippen molar-refractivity contribution in [2.75, 3.05) is 12.0 Å². The minimum Gasteiger partial charge on any atom is -0.508 e. The van der Waals surface area contributed by atoms with Crippen LogP contribution in [0.1, 0.15) is 49.0 Å². The Hall–Kier alpha value is -3.90. The van der Waals surface area contributed by atoms with Gasteiger partial charge in [0.15, 0.2) is 12.4 Å². The summed E-state index contributed by atoms with van der Waals surface area (Å²) in [7, 11) is 1.00. The summed E-state index contributed by atoms with van der Waals surface area (Å²) in [6, 6.07) is 17.4. The number of halogens is 2. The van der Waals surface area contributed by atoms with Gasteiger partial charge in [0.25, 0.3) is 0 Å². The summed E-state index contributed by atoms with van der Waals surface area (Å²) >= 11 is 0. The number of anilines is 1. The van der Waals surface area contributed by atoms with Gasteiger partial charge in [0.05, 0.1) is 24.2 Å². The Morgan fingerprint density at radius 3 is 2.17 bits per heavy atom. The number of aliphatic hydroxyl groups excluding tert-OH is 2. The largest absolute Gasteiger partial charge is 0.508 e. The second-order valence-electron chi connectivity index (χ2n) is 10.1. The summed E-state index contributed by atoms with van der Waals surface area (Å²) < 4.78 is 38.9. The van der Waals surface area contributed by atoms with Gasteiger partial charge in [-0.05, 0) is 72.5 Å². The summed E-state index contributed by atoms with van der Waals surface area (Å²) in [6.07, 6.45) is -3.18. The number of phenolic OH excluding ortho intramolecular Hbond substituents is 1. The summed E-state index contributed by atoms with van der Waals surface area (Å²) in [5, 5.41) is 36.3. The number of nitrogens with zero attached hydrogens (tertiary/aromatic N) is 1. The molecule has 4 N–H and O–H groups in total. The number of hydrogen-bond acceptors (Lipinski definition) is 7. The molecule has 2 aliphatic heterocycles. The zero-order valence-corrected chi connectivity index (χ0v) is 22.8. The average molecular weight is 586 g/mol. The summed E-state index contributed by atoms with van der Waals surface area (Å²) in [4.78, 5) is 26.5. The third-order valence-corrected chi connectivity index (χ3v) is 7.39. The molecule has 2 saturated heterocycles. The number of ether oxygens (including phenoxy) is 2. The van der Waals surface area contributed by atoms with Gasteiger partial charge < -0.3 is 34.8 Å². The van der Waals surface area contributed by atoms with E-state index in [-0.39, 0.29) is 24.5 Å². The number of hydrogen-bond donors (Lipinski definition) is 4. The highest BCUT2D eigenvalue weighted by Gasteiger charge is 2.48. The summed E-state index contributed by atoms with van der Waals surface area (Å²) in [5.41, 5.74) is 1.94. The predicted molar refractivity (Wildman–Crippen MR) is 147 cm³/mol. The molecule has 2 heterocycles. The van der Waals surface area contributed by atoms with Gasteiger partial charge in [-0.25, -0.2) is 13.6 Å². The number of carboxylic acids is 1. The zero-order valence-electron chi connectivity index (χ0n) is 22.8. The van der Waals surface area contributed by atoms with Crippen LogP contribution in [-0.2, 0) is 19.1 Å². The van der Waals surface area contributed by atoms with Crippen LogP contribution in [0.4, 0.5) is 14.5 Å². The van der Waals surface area contributed by atoms with Gasteiger partial charge in [-0.2, -0.15) is 0 Å². The number of rotatable bonds is 9. The molecule has 0 aromatic heterocycles. The number of phenols is 1. The fourth-order valence-electron chi connectivity index (χ4n) is 5.38. The monoisotopic (exact) mass is 585 g/mol. The van der Waals surface area contributed by atoms with Crippen LogP contribution in [0, 0.1) is 17.6 Å². The van der Waals surface area contributed by atoms with Crippen LogP contribution in [0.25, 0.3) is 0 Å². The van der Waals surface area contributed by atoms with Crippen LogP contribution < -0.4 is 4.90 Å². The first-order chi connectivity index (χ1) is 20.2. The molecule has 11 heteroatoms. The molecule has 6 atom stereocenters. The molecule has 0 saturated carbocycles. The van der Waals surface area contributed by atoms with Crippen molar-refractivity contribution in [1.29, 1.82) is 0 Å². The number of aromatic hydroxyl groups is 1. The van der Waals surface area contributed by atoms with Crippen LogP contribution in [0.15, 0.2) is 72.8 Å². The highest BCUT2D eigenvalue weighted by atomic mass is 19.1. The smallest absolute Gasteiger partial charge is 0.333 e. The lowest BCUT2D eigenvalue weighted by atomic mass is 9.78. The van der Waals surface area contributed by atoms with E-state index in [4.69, 9.17) is 14.6 Å². The standard InChI is InChI=1S/C30H29F2NO7.CH4O/c31-19-5-1-17(2-6-19)25(39-27-16-23(35)15-26(40-27)30(37)38)14-13-24-28(18-3-11-22(34)12-4-18)33(29(24)36)21-9-7-20(32)8-10-21;1-2/h1-12,23-28,34-35H,13-16H2,(H,37,38);2H,1H3/t23?,24?,25-,26-,27+,28?;/m0./s1. The molecule has 3 unspecified atom stereocenters. The molecular weight excluding hydrogens is 552 g/mol. The number of carbonyl (C=O) groups excluding carboxylic acids is 1. The van der Waals surface area contributed by atoms with Gasteiger partial charge in [-0.15, -0.1) is 0 Å². The van der Waals surface area contributed by atoms with E-state index in [1.54, 1.807) is 29.2 Å². The summed E-state index contributed by atoms with van der Waals surface area (Å²) in [5.74, 6) is -2.63. The highest BCUT2D eigenvalue weighted by Crippen LogP contribution is 2.47. The van der Waals surface area contributed by atoms with Crippen molar-refractivity contribution in [3.8, 4) is 5.75 Å². The van der Waals surface area contributed by atoms with Crippen molar-refractivity contribution in [3.63, 3.8) is 0 Å². The molecule has 0 bridgehead atoms. The molecule has 0 spiro atoms. The topological polar surface area (TPSA) is 137 Å². The second kappa shape index (κ2) is 13.8. The Morgan fingerprint density at radius 2 is 1.57 bits per heavy atom. The van der Waals surface area contributed by atoms with Crippen molar-refractivity contribution in [1.82, 2.24) is 0 Å². The fourth-order valence-corrected chi connectivity index (χ4v) is 5.38. The van der Waals surface area contributed by atoms with Crippen molar-refractivity contribution < 1.29 is 48.3 Å². The summed E-state index contributed by atoms with van der Waals surface area (Å²) in [6.45, 7) is 0. The second-order valence-corrected chi connectivity index (χ2v) is 10.1. The molecule has 2 aliphatic rings. The highest BCUT2D eigenvalue weighted by molar-refractivity contribution is 6.03. The normalized spacial score (nSPS) is 24.3. The van der Waals surface area contributed by atoms with E-state index < -0.39 is 54.2 Å². The number of aliphatic carboxylic acids is 1. The number of benzene rings is 3. The lowest BCUT2D eigenvalue weighted by molar-refractivity contribution is -0.239. The minimum absolute atomic E-state index is 0.0550. The van der Waals surface area contributed by atoms with Crippen molar-refractivity contribution in [3.05, 3.63) is 95.6 Å². The maximum atomic E-state index is 13.7. The van der Waals surface area contributed by atoms with Gasteiger partial charge in [0.1, 0.15) is 17.4 Å². The maximum absolute atomic E-state index is 13.7. The number of aliphatic hydroxyl groups is 2. The third kappa shape index (κ3) is 7.11.